The first-order valence-electron chi connectivity index (χ1n) is 8.55. The second-order valence-corrected chi connectivity index (χ2v) is 6.46. The number of hydrazone groups is 1. The number of ether oxygens (including phenoxy) is 1. The fraction of sp³-hybridized carbons (Fsp3) is 0.500. The predicted molar refractivity (Wildman–Crippen MR) is 93.7 cm³/mol. The van der Waals surface area contributed by atoms with E-state index in [1.54, 1.807) is 0 Å². The largest absolute Gasteiger partial charge is 0.456 e. The summed E-state index contributed by atoms with van der Waals surface area (Å²) in [5, 5.41) is 7.90. The zero-order chi connectivity index (χ0) is 15.6. The van der Waals surface area contributed by atoms with Crippen LogP contribution in [0.3, 0.4) is 0 Å². The van der Waals surface area contributed by atoms with Crippen molar-refractivity contribution in [3.63, 3.8) is 0 Å². The van der Waals surface area contributed by atoms with Crippen molar-refractivity contribution in [3.8, 4) is 0 Å². The number of aryl methyl sites for hydroxylation is 1. The number of aromatic nitrogens is 1. The van der Waals surface area contributed by atoms with Gasteiger partial charge in [0.25, 0.3) is 0 Å². The molecule has 0 bridgehead atoms. The van der Waals surface area contributed by atoms with Crippen molar-refractivity contribution in [2.75, 3.05) is 31.4 Å². The molecular formula is C18H24N4O. The maximum Gasteiger partial charge on any atom is 0.209 e. The van der Waals surface area contributed by atoms with Crippen LogP contribution < -0.4 is 5.01 Å². The summed E-state index contributed by atoms with van der Waals surface area (Å²) in [7, 11) is 2.07. The van der Waals surface area contributed by atoms with Gasteiger partial charge in [0.1, 0.15) is 0 Å². The molecule has 0 spiro atoms. The van der Waals surface area contributed by atoms with Crippen molar-refractivity contribution in [3.05, 3.63) is 30.5 Å². The number of fused-ring (bicyclic) bond motifs is 1. The van der Waals surface area contributed by atoms with Crippen LogP contribution in [0.4, 0.5) is 5.69 Å². The Balaban J connectivity index is 1.46. The minimum absolute atomic E-state index is 0.517. The molecule has 1 aromatic carbocycles. The monoisotopic (exact) mass is 312 g/mol. The lowest BCUT2D eigenvalue weighted by Crippen LogP contribution is -2.31. The first-order chi connectivity index (χ1) is 11.3. The molecule has 2 aliphatic heterocycles. The summed E-state index contributed by atoms with van der Waals surface area (Å²) in [5.74, 6) is 0.864. The average molecular weight is 312 g/mol. The number of rotatable bonds is 4. The lowest BCUT2D eigenvalue weighted by molar-refractivity contribution is 0.228. The van der Waals surface area contributed by atoms with E-state index in [0.717, 1.165) is 24.6 Å². The Labute approximate surface area is 137 Å². The van der Waals surface area contributed by atoms with Gasteiger partial charge < -0.3 is 14.2 Å². The average Bonchev–Trinajstić information content (AvgIpc) is 3.19. The van der Waals surface area contributed by atoms with E-state index < -0.39 is 0 Å². The molecule has 23 heavy (non-hydrogen) atoms. The van der Waals surface area contributed by atoms with Crippen LogP contribution in [0, 0.1) is 0 Å². The van der Waals surface area contributed by atoms with E-state index in [1.807, 2.05) is 5.01 Å². The minimum Gasteiger partial charge on any atom is -0.456 e. The first-order valence-corrected chi connectivity index (χ1v) is 8.55. The van der Waals surface area contributed by atoms with Crippen LogP contribution in [-0.2, 0) is 11.8 Å². The van der Waals surface area contributed by atoms with Gasteiger partial charge in [0, 0.05) is 37.1 Å². The Hall–Kier alpha value is -2.01. The third kappa shape index (κ3) is 2.93. The standard InChI is InChI=1S/C18H24N4O/c1-20-13-17(15-7-3-4-8-16(15)20)22-14-23-18(19-22)9-12-21-10-5-2-6-11-21/h3-4,7-8,13H,2,5-6,9-12,14H2,1H3. The molecule has 2 aromatic rings. The predicted octanol–water partition coefficient (Wildman–Crippen LogP) is 3.16. The third-order valence-electron chi connectivity index (χ3n) is 4.83. The van der Waals surface area contributed by atoms with Crippen LogP contribution in [0.15, 0.2) is 35.6 Å². The lowest BCUT2D eigenvalue weighted by Gasteiger charge is -2.25. The van der Waals surface area contributed by atoms with E-state index in [1.165, 1.54) is 43.3 Å². The minimum atomic E-state index is 0.517. The zero-order valence-corrected chi connectivity index (χ0v) is 13.7. The van der Waals surface area contributed by atoms with Gasteiger partial charge in [0.05, 0.1) is 5.69 Å². The van der Waals surface area contributed by atoms with Gasteiger partial charge in [-0.1, -0.05) is 24.6 Å². The molecule has 2 aliphatic rings. The van der Waals surface area contributed by atoms with Gasteiger partial charge in [-0.15, -0.1) is 5.10 Å². The molecule has 5 nitrogen and oxygen atoms in total. The summed E-state index contributed by atoms with van der Waals surface area (Å²) >= 11 is 0. The molecule has 0 saturated carbocycles. The number of piperidine rings is 1. The first kappa shape index (κ1) is 14.6. The highest BCUT2D eigenvalue weighted by molar-refractivity contribution is 5.94. The van der Waals surface area contributed by atoms with Crippen molar-refractivity contribution in [2.24, 2.45) is 12.1 Å². The van der Waals surface area contributed by atoms with Crippen LogP contribution in [0.1, 0.15) is 25.7 Å². The Morgan fingerprint density at radius 3 is 2.83 bits per heavy atom. The van der Waals surface area contributed by atoms with E-state index in [9.17, 15) is 0 Å². The summed E-state index contributed by atoms with van der Waals surface area (Å²) in [6.07, 6.45) is 7.07. The highest BCUT2D eigenvalue weighted by Crippen LogP contribution is 2.30. The van der Waals surface area contributed by atoms with Gasteiger partial charge in [-0.2, -0.15) is 0 Å². The molecule has 0 aliphatic carbocycles. The Kier molecular flexibility index (Phi) is 3.95. The van der Waals surface area contributed by atoms with Crippen LogP contribution in [0.25, 0.3) is 10.9 Å². The molecule has 4 rings (SSSR count). The van der Waals surface area contributed by atoms with Gasteiger partial charge in [-0.25, -0.2) is 5.01 Å². The molecule has 0 radical (unpaired) electrons. The molecule has 1 fully saturated rings. The van der Waals surface area contributed by atoms with Gasteiger partial charge in [0.15, 0.2) is 6.73 Å². The molecule has 0 N–H and O–H groups in total. The highest BCUT2D eigenvalue weighted by Gasteiger charge is 2.21. The van der Waals surface area contributed by atoms with Crippen molar-refractivity contribution < 1.29 is 4.74 Å². The maximum absolute atomic E-state index is 5.81. The van der Waals surface area contributed by atoms with Crippen molar-refractivity contribution in [1.82, 2.24) is 9.47 Å². The molecule has 1 saturated heterocycles. The van der Waals surface area contributed by atoms with Crippen molar-refractivity contribution in [1.29, 1.82) is 0 Å². The lowest BCUT2D eigenvalue weighted by atomic mass is 10.1. The van der Waals surface area contributed by atoms with Gasteiger partial charge >= 0.3 is 0 Å². The molecule has 0 unspecified atom stereocenters. The number of nitrogens with zero attached hydrogens (tertiary/aromatic N) is 4. The van der Waals surface area contributed by atoms with Crippen molar-refractivity contribution in [2.45, 2.75) is 25.7 Å². The molecule has 122 valence electrons. The topological polar surface area (TPSA) is 33.0 Å². The zero-order valence-electron chi connectivity index (χ0n) is 13.7. The van der Waals surface area contributed by atoms with Gasteiger partial charge in [0.2, 0.25) is 5.90 Å². The molecule has 0 amide bonds. The third-order valence-corrected chi connectivity index (χ3v) is 4.83. The van der Waals surface area contributed by atoms with E-state index in [2.05, 4.69) is 47.0 Å². The SMILES string of the molecule is Cn1cc(N2COC(CCN3CCCCC3)=N2)c2ccccc21. The number of likely N-dealkylation sites (tertiary alicyclic amines) is 1. The Morgan fingerprint density at radius 2 is 1.96 bits per heavy atom. The fourth-order valence-electron chi connectivity index (χ4n) is 3.54. The number of benzene rings is 1. The quantitative estimate of drug-likeness (QED) is 0.869. The molecule has 1 aromatic heterocycles. The van der Waals surface area contributed by atoms with Gasteiger partial charge in [-0.3, -0.25) is 0 Å². The smallest absolute Gasteiger partial charge is 0.209 e. The molecule has 0 atom stereocenters. The van der Waals surface area contributed by atoms with Crippen LogP contribution in [-0.4, -0.2) is 41.7 Å². The summed E-state index contributed by atoms with van der Waals surface area (Å²) in [5.41, 5.74) is 2.34. The second kappa shape index (κ2) is 6.24. The summed E-state index contributed by atoms with van der Waals surface area (Å²) in [6, 6.07) is 8.42. The van der Waals surface area contributed by atoms with E-state index >= 15 is 0 Å². The summed E-state index contributed by atoms with van der Waals surface area (Å²) in [6.45, 7) is 4.02. The maximum atomic E-state index is 5.81. The number of para-hydroxylation sites is 1. The number of hydrogen-bond donors (Lipinski definition) is 0. The Bertz CT molecular complexity index is 715. The number of hydrogen-bond acceptors (Lipinski definition) is 4. The number of anilines is 1. The van der Waals surface area contributed by atoms with Crippen LogP contribution >= 0.6 is 0 Å². The Morgan fingerprint density at radius 1 is 1.13 bits per heavy atom. The second-order valence-electron chi connectivity index (χ2n) is 6.46. The molecular weight excluding hydrogens is 288 g/mol. The molecule has 5 heteroatoms. The van der Waals surface area contributed by atoms with E-state index in [0.29, 0.717) is 6.73 Å². The van der Waals surface area contributed by atoms with Crippen molar-refractivity contribution >= 4 is 22.5 Å². The van der Waals surface area contributed by atoms with Crippen LogP contribution in [0.2, 0.25) is 0 Å². The van der Waals surface area contributed by atoms with Crippen LogP contribution in [0.5, 0.6) is 0 Å². The summed E-state index contributed by atoms with van der Waals surface area (Å²) < 4.78 is 7.95. The van der Waals surface area contributed by atoms with Gasteiger partial charge in [-0.05, 0) is 32.0 Å². The fourth-order valence-corrected chi connectivity index (χ4v) is 3.54. The highest BCUT2D eigenvalue weighted by atomic mass is 16.5. The van der Waals surface area contributed by atoms with E-state index in [4.69, 9.17) is 9.84 Å². The molecule has 3 heterocycles. The normalized spacial score (nSPS) is 19.2. The van der Waals surface area contributed by atoms with E-state index in [-0.39, 0.29) is 0 Å². The summed E-state index contributed by atoms with van der Waals surface area (Å²) in [4.78, 5) is 2.52.